The normalized spacial score (nSPS) is 10.8. The molecule has 1 aromatic carbocycles. The molecule has 0 bridgehead atoms. The van der Waals surface area contributed by atoms with Gasteiger partial charge in [0.2, 0.25) is 0 Å². The van der Waals surface area contributed by atoms with E-state index in [0.717, 1.165) is 5.52 Å². The third-order valence-electron chi connectivity index (χ3n) is 4.18. The van der Waals surface area contributed by atoms with Gasteiger partial charge in [-0.25, -0.2) is 0 Å². The molecule has 0 spiro atoms. The van der Waals surface area contributed by atoms with E-state index in [1.54, 1.807) is 34.9 Å². The number of methoxy groups -OCH3 is 1. The monoisotopic (exact) mass is 386 g/mol. The van der Waals surface area contributed by atoms with Crippen molar-refractivity contribution in [3.8, 4) is 16.9 Å². The highest BCUT2D eigenvalue weighted by Crippen LogP contribution is 2.33. The minimum atomic E-state index is -0.715. The summed E-state index contributed by atoms with van der Waals surface area (Å²) in [5.74, 6) is -0.840. The highest BCUT2D eigenvalue weighted by atomic mass is 35.5. The molecule has 0 aliphatic heterocycles. The Kier molecular flexibility index (Phi) is 5.78. The average molecular weight is 387 g/mol. The number of ketones is 1. The highest BCUT2D eigenvalue weighted by Gasteiger charge is 2.24. The maximum atomic E-state index is 12.9. The molecule has 0 saturated carbocycles. The number of Topliss-reactive ketones (excluding diaryl/α,β-unsaturated/α-hetero) is 1. The van der Waals surface area contributed by atoms with Gasteiger partial charge in [-0.3, -0.25) is 9.59 Å². The van der Waals surface area contributed by atoms with E-state index in [1.165, 1.54) is 7.11 Å². The lowest BCUT2D eigenvalue weighted by molar-refractivity contribution is -0.117. The van der Waals surface area contributed by atoms with Crippen molar-refractivity contribution in [3.05, 3.63) is 59.4 Å². The number of rotatable bonds is 7. The van der Waals surface area contributed by atoms with Gasteiger partial charge in [-0.15, -0.1) is 0 Å². The molecule has 6 nitrogen and oxygen atoms in total. The molecule has 1 amide bonds. The second-order valence-electron chi connectivity index (χ2n) is 5.91. The number of nitrogens with zero attached hydrogens (tertiary/aromatic N) is 1. The van der Waals surface area contributed by atoms with Crippen molar-refractivity contribution in [3.63, 3.8) is 0 Å². The van der Waals surface area contributed by atoms with Crippen LogP contribution >= 0.6 is 11.6 Å². The minimum absolute atomic E-state index is 0.0574. The second kappa shape index (κ2) is 8.24. The first-order valence-electron chi connectivity index (χ1n) is 8.44. The maximum Gasteiger partial charge on any atom is 0.294 e. The summed E-state index contributed by atoms with van der Waals surface area (Å²) in [7, 11) is 1.53. The fourth-order valence-electron chi connectivity index (χ4n) is 2.88. The van der Waals surface area contributed by atoms with Crippen LogP contribution in [0, 0.1) is 0 Å². The van der Waals surface area contributed by atoms with Crippen molar-refractivity contribution in [1.29, 1.82) is 0 Å². The van der Waals surface area contributed by atoms with Crippen LogP contribution in [0.4, 0.5) is 0 Å². The second-order valence-corrected chi connectivity index (χ2v) is 6.32. The third-order valence-corrected chi connectivity index (χ3v) is 4.48. The Hall–Kier alpha value is -2.83. The standard InChI is InChI=1S/C20H19ClN2O4/c1-27-17-7-6-13(11-16(17)21)15-12-14-5-2-3-9-23(14)18(15)19(25)20(26)22-8-4-10-24/h2-3,5-7,9,11-12,24H,4,8,10H2,1H3,(H,22,26). The van der Waals surface area contributed by atoms with Crippen LogP contribution in [-0.4, -0.2) is 41.5 Å². The van der Waals surface area contributed by atoms with E-state index in [4.69, 9.17) is 21.4 Å². The molecule has 2 heterocycles. The molecule has 0 radical (unpaired) electrons. The van der Waals surface area contributed by atoms with Crippen molar-refractivity contribution in [1.82, 2.24) is 9.72 Å². The van der Waals surface area contributed by atoms with Gasteiger partial charge in [-0.05, 0) is 42.3 Å². The van der Waals surface area contributed by atoms with Crippen molar-refractivity contribution < 1.29 is 19.4 Å². The molecular weight excluding hydrogens is 368 g/mol. The lowest BCUT2D eigenvalue weighted by atomic mass is 10.0. The van der Waals surface area contributed by atoms with Crippen molar-refractivity contribution in [2.45, 2.75) is 6.42 Å². The van der Waals surface area contributed by atoms with E-state index in [1.807, 2.05) is 18.2 Å². The van der Waals surface area contributed by atoms with E-state index in [9.17, 15) is 9.59 Å². The molecule has 0 aliphatic rings. The summed E-state index contributed by atoms with van der Waals surface area (Å²) in [5, 5.41) is 11.8. The van der Waals surface area contributed by atoms with Crippen LogP contribution in [-0.2, 0) is 4.79 Å². The number of carbonyl (C=O) groups excluding carboxylic acids is 2. The summed E-state index contributed by atoms with van der Waals surface area (Å²) in [6.45, 7) is 0.173. The minimum Gasteiger partial charge on any atom is -0.495 e. The average Bonchev–Trinajstić information content (AvgIpc) is 3.07. The molecule has 3 rings (SSSR count). The Balaban J connectivity index is 2.08. The van der Waals surface area contributed by atoms with Gasteiger partial charge < -0.3 is 19.6 Å². The van der Waals surface area contributed by atoms with E-state index in [0.29, 0.717) is 28.3 Å². The summed E-state index contributed by atoms with van der Waals surface area (Å²) >= 11 is 6.24. The predicted octanol–water partition coefficient (Wildman–Crippen LogP) is 2.95. The number of amides is 1. The number of aliphatic hydroxyl groups is 1. The SMILES string of the molecule is COc1ccc(-c2cc3ccccn3c2C(=O)C(=O)NCCCO)cc1Cl. The fraction of sp³-hybridized carbons (Fsp3) is 0.200. The van der Waals surface area contributed by atoms with Crippen molar-refractivity contribution >= 4 is 28.8 Å². The first-order valence-corrected chi connectivity index (χ1v) is 8.82. The first kappa shape index (κ1) is 18.9. The van der Waals surface area contributed by atoms with Crippen molar-refractivity contribution in [2.75, 3.05) is 20.3 Å². The van der Waals surface area contributed by atoms with Gasteiger partial charge in [0.05, 0.1) is 12.1 Å². The van der Waals surface area contributed by atoms with Gasteiger partial charge in [0.25, 0.3) is 11.7 Å². The Labute approximate surface area is 161 Å². The summed E-state index contributed by atoms with van der Waals surface area (Å²) in [4.78, 5) is 25.2. The molecule has 2 aromatic heterocycles. The van der Waals surface area contributed by atoms with Crippen LogP contribution in [0.2, 0.25) is 5.02 Å². The number of pyridine rings is 1. The number of nitrogens with one attached hydrogen (secondary N) is 1. The molecule has 0 aliphatic carbocycles. The molecular formula is C20H19ClN2O4. The van der Waals surface area contributed by atoms with Crippen LogP contribution in [0.15, 0.2) is 48.7 Å². The van der Waals surface area contributed by atoms with E-state index < -0.39 is 11.7 Å². The van der Waals surface area contributed by atoms with Gasteiger partial charge in [0.15, 0.2) is 0 Å². The number of benzene rings is 1. The summed E-state index contributed by atoms with van der Waals surface area (Å²) in [5.41, 5.74) is 2.35. The number of aliphatic hydroxyl groups excluding tert-OH is 1. The fourth-order valence-corrected chi connectivity index (χ4v) is 3.14. The van der Waals surface area contributed by atoms with E-state index in [2.05, 4.69) is 5.32 Å². The Morgan fingerprint density at radius 2 is 2.04 bits per heavy atom. The number of carbonyl (C=O) groups is 2. The summed E-state index contributed by atoms with van der Waals surface area (Å²) < 4.78 is 6.86. The number of hydrogen-bond donors (Lipinski definition) is 2. The van der Waals surface area contributed by atoms with Gasteiger partial charge in [-0.2, -0.15) is 0 Å². The lowest BCUT2D eigenvalue weighted by Crippen LogP contribution is -2.33. The predicted molar refractivity (Wildman–Crippen MR) is 103 cm³/mol. The lowest BCUT2D eigenvalue weighted by Gasteiger charge is -2.09. The largest absolute Gasteiger partial charge is 0.495 e. The maximum absolute atomic E-state index is 12.9. The number of ether oxygens (including phenoxy) is 1. The molecule has 7 heteroatoms. The smallest absolute Gasteiger partial charge is 0.294 e. The number of hydrogen-bond acceptors (Lipinski definition) is 4. The molecule has 2 N–H and O–H groups in total. The van der Waals surface area contributed by atoms with E-state index in [-0.39, 0.29) is 18.8 Å². The Morgan fingerprint density at radius 1 is 1.22 bits per heavy atom. The van der Waals surface area contributed by atoms with Gasteiger partial charge in [0.1, 0.15) is 11.4 Å². The van der Waals surface area contributed by atoms with Crippen LogP contribution in [0.5, 0.6) is 5.75 Å². The summed E-state index contributed by atoms with van der Waals surface area (Å²) in [6, 6.07) is 12.6. The highest BCUT2D eigenvalue weighted by molar-refractivity contribution is 6.43. The summed E-state index contributed by atoms with van der Waals surface area (Å²) in [6.07, 6.45) is 2.12. The van der Waals surface area contributed by atoms with Gasteiger partial charge in [-0.1, -0.05) is 23.7 Å². The number of halogens is 1. The Morgan fingerprint density at radius 3 is 2.74 bits per heavy atom. The number of fused-ring (bicyclic) bond motifs is 1. The van der Waals surface area contributed by atoms with Gasteiger partial charge in [0, 0.05) is 30.4 Å². The molecule has 0 fully saturated rings. The molecule has 3 aromatic rings. The van der Waals surface area contributed by atoms with Crippen LogP contribution in [0.1, 0.15) is 16.9 Å². The molecule has 0 saturated heterocycles. The zero-order chi connectivity index (χ0) is 19.4. The molecule has 0 atom stereocenters. The first-order chi connectivity index (χ1) is 13.1. The molecule has 0 unspecified atom stereocenters. The van der Waals surface area contributed by atoms with Gasteiger partial charge >= 0.3 is 0 Å². The van der Waals surface area contributed by atoms with E-state index >= 15 is 0 Å². The zero-order valence-electron chi connectivity index (χ0n) is 14.7. The molecule has 140 valence electrons. The quantitative estimate of drug-likeness (QED) is 0.371. The topological polar surface area (TPSA) is 80.0 Å². The van der Waals surface area contributed by atoms with Crippen LogP contribution < -0.4 is 10.1 Å². The van der Waals surface area contributed by atoms with Crippen LogP contribution in [0.3, 0.4) is 0 Å². The third kappa shape index (κ3) is 3.82. The Bertz CT molecular complexity index is 997. The zero-order valence-corrected chi connectivity index (χ0v) is 15.5. The molecule has 27 heavy (non-hydrogen) atoms. The van der Waals surface area contributed by atoms with Crippen LogP contribution in [0.25, 0.3) is 16.6 Å². The number of aromatic nitrogens is 1. The van der Waals surface area contributed by atoms with Crippen molar-refractivity contribution in [2.24, 2.45) is 0 Å².